The minimum absolute atomic E-state index is 0.323. The van der Waals surface area contributed by atoms with Crippen LogP contribution in [0.5, 0.6) is 11.5 Å². The number of ether oxygens (including phenoxy) is 2. The van der Waals surface area contributed by atoms with Gasteiger partial charge in [-0.2, -0.15) is 0 Å². The average Bonchev–Trinajstić information content (AvgIpc) is 2.74. The van der Waals surface area contributed by atoms with Gasteiger partial charge in [-0.05, 0) is 65.9 Å². The Balaban J connectivity index is 3.69. The van der Waals surface area contributed by atoms with E-state index in [1.807, 2.05) is 18.2 Å². The topological polar surface area (TPSA) is 46.2 Å². The van der Waals surface area contributed by atoms with Crippen molar-refractivity contribution in [2.45, 2.75) is 106 Å². The van der Waals surface area contributed by atoms with Crippen LogP contribution in [0.4, 0.5) is 0 Å². The molecular weight excluding hydrogens is 408 g/mol. The maximum Gasteiger partial charge on any atom is 0.541 e. The van der Waals surface area contributed by atoms with E-state index in [-0.39, 0.29) is 11.2 Å². The van der Waals surface area contributed by atoms with E-state index in [2.05, 4.69) is 62.3 Å². The Morgan fingerprint density at radius 2 is 1.13 bits per heavy atom. The lowest BCUT2D eigenvalue weighted by molar-refractivity contribution is 0.0628. The smallest absolute Gasteiger partial charge is 0.484 e. The van der Waals surface area contributed by atoms with Gasteiger partial charge in [-0.25, -0.2) is 0 Å². The lowest BCUT2D eigenvalue weighted by Crippen LogP contribution is -2.58. The van der Waals surface area contributed by atoms with E-state index in [1.54, 1.807) is 0 Å². The third-order valence-corrected chi connectivity index (χ3v) is 8.07. The molecule has 0 aliphatic carbocycles. The number of hydrogen-bond donors (Lipinski definition) is 0. The summed E-state index contributed by atoms with van der Waals surface area (Å²) in [5.74, 6) is 1.40. The zero-order valence-corrected chi connectivity index (χ0v) is 22.4. The van der Waals surface area contributed by atoms with Gasteiger partial charge in [0.25, 0.3) is 0 Å². The maximum absolute atomic E-state index is 6.62. The summed E-state index contributed by atoms with van der Waals surface area (Å²) in [5, 5.41) is 0.855. The second-order valence-electron chi connectivity index (χ2n) is 9.17. The van der Waals surface area contributed by atoms with Gasteiger partial charge < -0.3 is 22.8 Å². The molecule has 0 unspecified atom stereocenters. The van der Waals surface area contributed by atoms with Crippen molar-refractivity contribution in [3.63, 3.8) is 0 Å². The number of rotatable bonds is 16. The van der Waals surface area contributed by atoms with E-state index in [0.29, 0.717) is 31.3 Å². The van der Waals surface area contributed by atoms with Crippen LogP contribution in [-0.2, 0) is 13.3 Å². The highest BCUT2D eigenvalue weighted by molar-refractivity contribution is 6.76. The predicted molar refractivity (Wildman–Crippen MR) is 131 cm³/mol. The standard InChI is InChI=1S/C25H46O5Si/c1-10-18-26-31(27-19-11-2,28-20-12-3)22-17-15-16-21(29-24(6,7)13-4)23(22)30-25(8,9)14-5/h15-17H,10-14,18-20H2,1-9H3. The number of benzene rings is 1. The van der Waals surface area contributed by atoms with Crippen LogP contribution in [0, 0.1) is 0 Å². The molecule has 0 atom stereocenters. The molecular formula is C25H46O5Si. The first-order valence-electron chi connectivity index (χ1n) is 12.0. The molecule has 0 fully saturated rings. The van der Waals surface area contributed by atoms with Crippen molar-refractivity contribution >= 4 is 14.0 Å². The summed E-state index contributed by atoms with van der Waals surface area (Å²) in [6.45, 7) is 20.6. The minimum atomic E-state index is -3.21. The van der Waals surface area contributed by atoms with E-state index in [0.717, 1.165) is 37.3 Å². The van der Waals surface area contributed by atoms with Crippen LogP contribution < -0.4 is 14.7 Å². The highest BCUT2D eigenvalue weighted by Crippen LogP contribution is 2.35. The van der Waals surface area contributed by atoms with Gasteiger partial charge in [0.1, 0.15) is 11.2 Å². The molecule has 1 aromatic carbocycles. The average molecular weight is 455 g/mol. The largest absolute Gasteiger partial charge is 0.541 e. The van der Waals surface area contributed by atoms with Crippen molar-refractivity contribution in [3.8, 4) is 11.5 Å². The van der Waals surface area contributed by atoms with Crippen molar-refractivity contribution < 1.29 is 22.8 Å². The monoisotopic (exact) mass is 454 g/mol. The Kier molecular flexibility index (Phi) is 11.6. The highest BCUT2D eigenvalue weighted by Gasteiger charge is 2.48. The third kappa shape index (κ3) is 8.41. The molecule has 180 valence electrons. The fraction of sp³-hybridized carbons (Fsp3) is 0.760. The quantitative estimate of drug-likeness (QED) is 0.276. The SMILES string of the molecule is CCCO[Si](OCCC)(OCCC)c1cccc(OC(C)(C)CC)c1OC(C)(C)CC. The molecule has 1 rings (SSSR count). The first-order valence-corrected chi connectivity index (χ1v) is 13.8. The summed E-state index contributed by atoms with van der Waals surface area (Å²) in [7, 11) is -3.21. The summed E-state index contributed by atoms with van der Waals surface area (Å²) in [6, 6.07) is 5.99. The molecule has 0 bridgehead atoms. The van der Waals surface area contributed by atoms with E-state index >= 15 is 0 Å². The second-order valence-corrected chi connectivity index (χ2v) is 11.7. The first-order chi connectivity index (χ1) is 14.6. The van der Waals surface area contributed by atoms with E-state index in [9.17, 15) is 0 Å². The van der Waals surface area contributed by atoms with Crippen molar-refractivity contribution in [2.75, 3.05) is 19.8 Å². The van der Waals surface area contributed by atoms with Crippen LogP contribution >= 0.6 is 0 Å². The summed E-state index contributed by atoms with van der Waals surface area (Å²) in [6.07, 6.45) is 4.38. The molecule has 0 amide bonds. The van der Waals surface area contributed by atoms with Gasteiger partial charge in [-0.1, -0.05) is 46.8 Å². The summed E-state index contributed by atoms with van der Waals surface area (Å²) in [5.41, 5.74) is -0.693. The normalized spacial score (nSPS) is 12.8. The van der Waals surface area contributed by atoms with Gasteiger partial charge in [0.05, 0.1) is 5.19 Å². The molecule has 1 aromatic rings. The van der Waals surface area contributed by atoms with Crippen molar-refractivity contribution in [3.05, 3.63) is 18.2 Å². The molecule has 31 heavy (non-hydrogen) atoms. The van der Waals surface area contributed by atoms with Crippen LogP contribution in [0.1, 0.15) is 94.4 Å². The number of hydrogen-bond acceptors (Lipinski definition) is 5. The fourth-order valence-electron chi connectivity index (χ4n) is 2.73. The van der Waals surface area contributed by atoms with E-state index in [4.69, 9.17) is 22.8 Å². The molecule has 0 saturated carbocycles. The highest BCUT2D eigenvalue weighted by atomic mass is 28.4. The maximum atomic E-state index is 6.62. The molecule has 0 aliphatic rings. The van der Waals surface area contributed by atoms with Gasteiger partial charge >= 0.3 is 8.80 Å². The number of para-hydroxylation sites is 1. The zero-order valence-electron chi connectivity index (χ0n) is 21.4. The van der Waals surface area contributed by atoms with Crippen LogP contribution in [-0.4, -0.2) is 39.8 Å². The Morgan fingerprint density at radius 3 is 1.55 bits per heavy atom. The molecule has 0 heterocycles. The van der Waals surface area contributed by atoms with Crippen molar-refractivity contribution in [2.24, 2.45) is 0 Å². The second kappa shape index (κ2) is 12.8. The van der Waals surface area contributed by atoms with Gasteiger partial charge in [0.2, 0.25) is 0 Å². The van der Waals surface area contributed by atoms with Crippen LogP contribution in [0.15, 0.2) is 18.2 Å². The predicted octanol–water partition coefficient (Wildman–Crippen LogP) is 6.25. The fourth-order valence-corrected chi connectivity index (χ4v) is 5.62. The van der Waals surface area contributed by atoms with Gasteiger partial charge in [-0.3, -0.25) is 0 Å². The molecule has 0 saturated heterocycles. The summed E-state index contributed by atoms with van der Waals surface area (Å²) < 4.78 is 32.4. The zero-order chi connectivity index (χ0) is 23.5. The van der Waals surface area contributed by atoms with Gasteiger partial charge in [0, 0.05) is 19.8 Å². The Morgan fingerprint density at radius 1 is 0.677 bits per heavy atom. The van der Waals surface area contributed by atoms with Crippen LogP contribution in [0.2, 0.25) is 0 Å². The molecule has 0 spiro atoms. The lowest BCUT2D eigenvalue weighted by Gasteiger charge is -2.35. The van der Waals surface area contributed by atoms with Crippen LogP contribution in [0.25, 0.3) is 0 Å². The minimum Gasteiger partial charge on any atom is -0.484 e. The van der Waals surface area contributed by atoms with Crippen LogP contribution in [0.3, 0.4) is 0 Å². The third-order valence-electron chi connectivity index (χ3n) is 5.26. The van der Waals surface area contributed by atoms with Crippen molar-refractivity contribution in [1.29, 1.82) is 0 Å². The Bertz CT molecular complexity index is 623. The Hall–Kier alpha value is -1.08. The first kappa shape index (κ1) is 28.0. The molecule has 6 heteroatoms. The summed E-state index contributed by atoms with van der Waals surface area (Å²) in [4.78, 5) is 0. The molecule has 0 aliphatic heterocycles. The molecule has 0 radical (unpaired) electrons. The Labute approximate surface area is 192 Å². The molecule has 5 nitrogen and oxygen atoms in total. The summed E-state index contributed by atoms with van der Waals surface area (Å²) >= 11 is 0. The van der Waals surface area contributed by atoms with Crippen molar-refractivity contribution in [1.82, 2.24) is 0 Å². The molecule has 0 aromatic heterocycles. The van der Waals surface area contributed by atoms with E-state index < -0.39 is 8.80 Å². The lowest BCUT2D eigenvalue weighted by atomic mass is 10.1. The molecule has 0 N–H and O–H groups in total. The van der Waals surface area contributed by atoms with Gasteiger partial charge in [0.15, 0.2) is 11.5 Å². The van der Waals surface area contributed by atoms with E-state index in [1.165, 1.54) is 0 Å². The van der Waals surface area contributed by atoms with Gasteiger partial charge in [-0.15, -0.1) is 0 Å².